The van der Waals surface area contributed by atoms with Crippen LogP contribution < -0.4 is 11.1 Å². The minimum atomic E-state index is -0.617. The molecule has 0 aliphatic heterocycles. The molecule has 0 radical (unpaired) electrons. The molecule has 1 amide bonds. The molecule has 1 aromatic heterocycles. The molecule has 0 aliphatic rings. The summed E-state index contributed by atoms with van der Waals surface area (Å²) in [6, 6.07) is 2.48. The van der Waals surface area contributed by atoms with Crippen LogP contribution in [-0.4, -0.2) is 15.9 Å². The van der Waals surface area contributed by atoms with Crippen LogP contribution in [0.5, 0.6) is 0 Å². The number of nitrogens with one attached hydrogen (secondary N) is 1. The number of anilines is 1. The lowest BCUT2D eigenvalue weighted by Crippen LogP contribution is -2.28. The van der Waals surface area contributed by atoms with Gasteiger partial charge >= 0.3 is 0 Å². The SMILES string of the molecule is NC(=S)C(=O)Nc1ccc(F)cn1. The van der Waals surface area contributed by atoms with Crippen molar-refractivity contribution in [1.29, 1.82) is 0 Å². The minimum Gasteiger partial charge on any atom is -0.385 e. The molecule has 1 aromatic rings. The standard InChI is InChI=1S/C7H6FN3OS/c8-4-1-2-5(10-3-4)11-7(12)6(9)13/h1-3H,(H2,9,13)(H,10,11,12). The summed E-state index contributed by atoms with van der Waals surface area (Å²) in [5.41, 5.74) is 5.03. The van der Waals surface area contributed by atoms with Crippen molar-refractivity contribution in [2.24, 2.45) is 5.73 Å². The topological polar surface area (TPSA) is 68.0 Å². The van der Waals surface area contributed by atoms with E-state index >= 15 is 0 Å². The summed E-state index contributed by atoms with van der Waals surface area (Å²) >= 11 is 4.41. The smallest absolute Gasteiger partial charge is 0.283 e. The average Bonchev–Trinajstić information content (AvgIpc) is 2.08. The average molecular weight is 199 g/mol. The first kappa shape index (κ1) is 9.53. The third-order valence-electron chi connectivity index (χ3n) is 1.19. The molecule has 0 fully saturated rings. The van der Waals surface area contributed by atoms with E-state index in [0.29, 0.717) is 0 Å². The molecular formula is C7H6FN3OS. The zero-order valence-electron chi connectivity index (χ0n) is 6.45. The van der Waals surface area contributed by atoms with Gasteiger partial charge in [-0.15, -0.1) is 0 Å². The number of carbonyl (C=O) groups is 1. The summed E-state index contributed by atoms with van der Waals surface area (Å²) in [6.45, 7) is 0. The molecular weight excluding hydrogens is 193 g/mol. The zero-order chi connectivity index (χ0) is 9.84. The van der Waals surface area contributed by atoms with Crippen LogP contribution in [0.3, 0.4) is 0 Å². The van der Waals surface area contributed by atoms with E-state index in [9.17, 15) is 9.18 Å². The number of pyridine rings is 1. The summed E-state index contributed by atoms with van der Waals surface area (Å²) in [6.07, 6.45) is 0.981. The molecule has 1 heterocycles. The first-order chi connectivity index (χ1) is 6.09. The van der Waals surface area contributed by atoms with E-state index in [1.807, 2.05) is 0 Å². The maximum atomic E-state index is 12.4. The summed E-state index contributed by atoms with van der Waals surface area (Å²) in [7, 11) is 0. The van der Waals surface area contributed by atoms with Crippen molar-refractivity contribution in [1.82, 2.24) is 4.98 Å². The van der Waals surface area contributed by atoms with Crippen LogP contribution in [0.1, 0.15) is 0 Å². The molecule has 0 aromatic carbocycles. The first-order valence-electron chi connectivity index (χ1n) is 3.32. The van der Waals surface area contributed by atoms with Crippen LogP contribution in [0, 0.1) is 5.82 Å². The maximum Gasteiger partial charge on any atom is 0.283 e. The van der Waals surface area contributed by atoms with Gasteiger partial charge in [0.15, 0.2) is 4.99 Å². The molecule has 1 rings (SSSR count). The number of aromatic nitrogens is 1. The Bertz CT molecular complexity index is 338. The summed E-state index contributed by atoms with van der Waals surface area (Å²) in [5.74, 6) is -0.887. The molecule has 0 saturated carbocycles. The molecule has 0 saturated heterocycles. The molecule has 0 atom stereocenters. The third-order valence-corrected chi connectivity index (χ3v) is 1.38. The second kappa shape index (κ2) is 3.90. The largest absolute Gasteiger partial charge is 0.385 e. The number of nitrogens with two attached hydrogens (primary N) is 1. The van der Waals surface area contributed by atoms with Crippen LogP contribution >= 0.6 is 12.2 Å². The molecule has 0 aliphatic carbocycles. The molecule has 0 spiro atoms. The van der Waals surface area contributed by atoms with Crippen molar-refractivity contribution in [2.75, 3.05) is 5.32 Å². The number of carbonyl (C=O) groups excluding carboxylic acids is 1. The van der Waals surface area contributed by atoms with E-state index in [1.54, 1.807) is 0 Å². The minimum absolute atomic E-state index is 0.208. The van der Waals surface area contributed by atoms with Gasteiger partial charge < -0.3 is 11.1 Å². The van der Waals surface area contributed by atoms with Crippen molar-refractivity contribution < 1.29 is 9.18 Å². The van der Waals surface area contributed by atoms with E-state index in [1.165, 1.54) is 12.1 Å². The van der Waals surface area contributed by atoms with Crippen molar-refractivity contribution in [3.05, 3.63) is 24.1 Å². The number of halogens is 1. The van der Waals surface area contributed by atoms with Gasteiger partial charge in [0.25, 0.3) is 5.91 Å². The van der Waals surface area contributed by atoms with Crippen LogP contribution in [0.4, 0.5) is 10.2 Å². The number of hydrogen-bond donors (Lipinski definition) is 2. The number of hydrogen-bond acceptors (Lipinski definition) is 3. The summed E-state index contributed by atoms with van der Waals surface area (Å²) in [4.78, 5) is 14.2. The van der Waals surface area contributed by atoms with Gasteiger partial charge in [0, 0.05) is 0 Å². The Balaban J connectivity index is 2.70. The van der Waals surface area contributed by atoms with Crippen LogP contribution in [0.25, 0.3) is 0 Å². The van der Waals surface area contributed by atoms with Gasteiger partial charge in [0.05, 0.1) is 6.20 Å². The fourth-order valence-electron chi connectivity index (χ4n) is 0.628. The van der Waals surface area contributed by atoms with Gasteiger partial charge in [0.1, 0.15) is 11.6 Å². The Kier molecular flexibility index (Phi) is 2.86. The Morgan fingerprint density at radius 2 is 2.31 bits per heavy atom. The highest BCUT2D eigenvalue weighted by atomic mass is 32.1. The van der Waals surface area contributed by atoms with Crippen molar-refractivity contribution in [2.45, 2.75) is 0 Å². The molecule has 68 valence electrons. The van der Waals surface area contributed by atoms with E-state index in [0.717, 1.165) is 6.20 Å². The van der Waals surface area contributed by atoms with Crippen LogP contribution in [0.2, 0.25) is 0 Å². The lowest BCUT2D eigenvalue weighted by atomic mass is 10.4. The van der Waals surface area contributed by atoms with Crippen molar-refractivity contribution in [3.8, 4) is 0 Å². The quantitative estimate of drug-likeness (QED) is 0.644. The van der Waals surface area contributed by atoms with E-state index < -0.39 is 11.7 Å². The Labute approximate surface area is 79.0 Å². The van der Waals surface area contributed by atoms with Crippen molar-refractivity contribution in [3.63, 3.8) is 0 Å². The van der Waals surface area contributed by atoms with Crippen molar-refractivity contribution >= 4 is 28.9 Å². The normalized spacial score (nSPS) is 9.31. The van der Waals surface area contributed by atoms with Crippen LogP contribution in [0.15, 0.2) is 18.3 Å². The summed E-state index contributed by atoms with van der Waals surface area (Å²) < 4.78 is 12.4. The second-order valence-electron chi connectivity index (χ2n) is 2.18. The highest BCUT2D eigenvalue weighted by molar-refractivity contribution is 7.82. The van der Waals surface area contributed by atoms with Gasteiger partial charge in [-0.05, 0) is 12.1 Å². The third kappa shape index (κ3) is 2.75. The van der Waals surface area contributed by atoms with Gasteiger partial charge in [-0.1, -0.05) is 12.2 Å². The monoisotopic (exact) mass is 199 g/mol. The maximum absolute atomic E-state index is 12.4. The van der Waals surface area contributed by atoms with Gasteiger partial charge in [-0.2, -0.15) is 0 Å². The van der Waals surface area contributed by atoms with Gasteiger partial charge in [0.2, 0.25) is 0 Å². The Morgan fingerprint density at radius 3 is 2.77 bits per heavy atom. The molecule has 0 bridgehead atoms. The number of rotatable bonds is 1. The zero-order valence-corrected chi connectivity index (χ0v) is 7.27. The fourth-order valence-corrected chi connectivity index (χ4v) is 0.679. The lowest BCUT2D eigenvalue weighted by Gasteiger charge is -2.01. The molecule has 0 unspecified atom stereocenters. The highest BCUT2D eigenvalue weighted by Gasteiger charge is 2.04. The highest BCUT2D eigenvalue weighted by Crippen LogP contribution is 2.02. The van der Waals surface area contributed by atoms with E-state index in [2.05, 4.69) is 22.5 Å². The van der Waals surface area contributed by atoms with E-state index in [-0.39, 0.29) is 10.8 Å². The number of nitrogens with zero attached hydrogens (tertiary/aromatic N) is 1. The predicted molar refractivity (Wildman–Crippen MR) is 49.6 cm³/mol. The number of amides is 1. The van der Waals surface area contributed by atoms with E-state index in [4.69, 9.17) is 5.73 Å². The molecule has 3 N–H and O–H groups in total. The predicted octanol–water partition coefficient (Wildman–Crippen LogP) is 0.445. The Morgan fingerprint density at radius 1 is 1.62 bits per heavy atom. The van der Waals surface area contributed by atoms with Crippen LogP contribution in [-0.2, 0) is 4.79 Å². The second-order valence-corrected chi connectivity index (χ2v) is 2.62. The summed E-state index contributed by atoms with van der Waals surface area (Å²) in [5, 5.41) is 2.29. The molecule has 13 heavy (non-hydrogen) atoms. The Hall–Kier alpha value is -1.56. The fraction of sp³-hybridized carbons (Fsp3) is 0. The lowest BCUT2D eigenvalue weighted by molar-refractivity contribution is -0.110. The molecule has 6 heteroatoms. The van der Waals surface area contributed by atoms with Gasteiger partial charge in [-0.3, -0.25) is 4.79 Å². The van der Waals surface area contributed by atoms with Gasteiger partial charge in [-0.25, -0.2) is 9.37 Å². The first-order valence-corrected chi connectivity index (χ1v) is 3.73. The molecule has 4 nitrogen and oxygen atoms in total. The number of thiocarbonyl (C=S) groups is 1.